The van der Waals surface area contributed by atoms with Crippen molar-refractivity contribution >= 4 is 29.3 Å². The molecule has 7 heteroatoms. The van der Waals surface area contributed by atoms with Crippen molar-refractivity contribution in [3.05, 3.63) is 64.7 Å². The molecular weight excluding hydrogens is 390 g/mol. The van der Waals surface area contributed by atoms with Crippen molar-refractivity contribution in [2.75, 3.05) is 31.6 Å². The molecule has 0 aromatic heterocycles. The van der Waals surface area contributed by atoms with Gasteiger partial charge in [-0.05, 0) is 62.7 Å². The number of anilines is 1. The van der Waals surface area contributed by atoms with Crippen molar-refractivity contribution < 1.29 is 14.3 Å². The highest BCUT2D eigenvalue weighted by Crippen LogP contribution is 2.29. The molecule has 6 nitrogen and oxygen atoms in total. The van der Waals surface area contributed by atoms with E-state index in [9.17, 15) is 9.59 Å². The van der Waals surface area contributed by atoms with E-state index in [2.05, 4.69) is 15.5 Å². The molecular formula is C22H26ClN3O3. The Morgan fingerprint density at radius 3 is 2.62 bits per heavy atom. The summed E-state index contributed by atoms with van der Waals surface area (Å²) in [7, 11) is 0. The van der Waals surface area contributed by atoms with Crippen molar-refractivity contribution in [1.82, 2.24) is 10.2 Å². The van der Waals surface area contributed by atoms with Crippen LogP contribution >= 0.6 is 11.6 Å². The number of benzene rings is 2. The van der Waals surface area contributed by atoms with E-state index in [0.717, 1.165) is 31.5 Å². The van der Waals surface area contributed by atoms with Crippen molar-refractivity contribution in [3.8, 4) is 0 Å². The van der Waals surface area contributed by atoms with Crippen LogP contribution < -0.4 is 10.6 Å². The molecule has 1 fully saturated rings. The van der Waals surface area contributed by atoms with Gasteiger partial charge in [0, 0.05) is 22.8 Å². The summed E-state index contributed by atoms with van der Waals surface area (Å²) in [6.45, 7) is 4.46. The van der Waals surface area contributed by atoms with Gasteiger partial charge in [0.1, 0.15) is 0 Å². The molecule has 1 saturated heterocycles. The average Bonchev–Trinajstić information content (AvgIpc) is 3.24. The standard InChI is InChI=1S/C22H26ClN3O3/c1-2-29-22(28)25-17-9-7-8-16(14-17)21(27)24-15-20(26-12-5-6-13-26)18-10-3-4-11-19(18)23/h3-4,7-11,14,20H,2,5-6,12-13,15H2,1H3,(H,24,27)(H,25,28). The lowest BCUT2D eigenvalue weighted by Gasteiger charge is -2.29. The fourth-order valence-electron chi connectivity index (χ4n) is 3.55. The zero-order chi connectivity index (χ0) is 20.6. The Labute approximate surface area is 176 Å². The van der Waals surface area contributed by atoms with Crippen LogP contribution in [-0.4, -0.2) is 43.1 Å². The minimum absolute atomic E-state index is 0.0241. The number of carbonyl (C=O) groups is 2. The van der Waals surface area contributed by atoms with E-state index in [0.29, 0.717) is 22.8 Å². The molecule has 0 spiro atoms. The number of hydrogen-bond acceptors (Lipinski definition) is 4. The summed E-state index contributed by atoms with van der Waals surface area (Å²) in [5.41, 5.74) is 2.01. The number of likely N-dealkylation sites (tertiary alicyclic amines) is 1. The number of amides is 2. The Morgan fingerprint density at radius 2 is 1.90 bits per heavy atom. The normalized spacial score (nSPS) is 15.0. The lowest BCUT2D eigenvalue weighted by Crippen LogP contribution is -2.37. The first-order valence-corrected chi connectivity index (χ1v) is 10.3. The van der Waals surface area contributed by atoms with E-state index in [1.165, 1.54) is 0 Å². The lowest BCUT2D eigenvalue weighted by molar-refractivity contribution is 0.0937. The van der Waals surface area contributed by atoms with Crippen LogP contribution in [0.15, 0.2) is 48.5 Å². The van der Waals surface area contributed by atoms with Gasteiger partial charge in [0.15, 0.2) is 0 Å². The largest absolute Gasteiger partial charge is 0.450 e. The van der Waals surface area contributed by atoms with Crippen molar-refractivity contribution in [3.63, 3.8) is 0 Å². The first-order chi connectivity index (χ1) is 14.1. The molecule has 2 N–H and O–H groups in total. The summed E-state index contributed by atoms with van der Waals surface area (Å²) in [4.78, 5) is 26.7. The molecule has 0 saturated carbocycles. The third-order valence-corrected chi connectivity index (χ3v) is 5.29. The maximum Gasteiger partial charge on any atom is 0.411 e. The van der Waals surface area contributed by atoms with Gasteiger partial charge < -0.3 is 10.1 Å². The van der Waals surface area contributed by atoms with E-state index in [4.69, 9.17) is 16.3 Å². The Morgan fingerprint density at radius 1 is 1.14 bits per heavy atom. The van der Waals surface area contributed by atoms with Gasteiger partial charge in [0.25, 0.3) is 5.91 Å². The summed E-state index contributed by atoms with van der Waals surface area (Å²) in [6, 6.07) is 14.6. The molecule has 0 radical (unpaired) electrons. The lowest BCUT2D eigenvalue weighted by atomic mass is 10.0. The van der Waals surface area contributed by atoms with Gasteiger partial charge in [-0.25, -0.2) is 4.79 Å². The number of halogens is 1. The van der Waals surface area contributed by atoms with E-state index in [-0.39, 0.29) is 18.6 Å². The number of hydrogen-bond donors (Lipinski definition) is 2. The van der Waals surface area contributed by atoms with Crippen molar-refractivity contribution in [1.29, 1.82) is 0 Å². The molecule has 1 unspecified atom stereocenters. The van der Waals surface area contributed by atoms with Crippen LogP contribution in [0.2, 0.25) is 5.02 Å². The second-order valence-electron chi connectivity index (χ2n) is 6.92. The van der Waals surface area contributed by atoms with Gasteiger partial charge in [0.2, 0.25) is 0 Å². The fraction of sp³-hybridized carbons (Fsp3) is 0.364. The number of nitrogens with zero attached hydrogens (tertiary/aromatic N) is 1. The van der Waals surface area contributed by atoms with Gasteiger partial charge in [0.05, 0.1) is 12.6 Å². The fourth-order valence-corrected chi connectivity index (χ4v) is 3.81. The monoisotopic (exact) mass is 415 g/mol. The Hall–Kier alpha value is -2.57. The van der Waals surface area contributed by atoms with Crippen LogP contribution in [0.1, 0.15) is 41.7 Å². The number of carbonyl (C=O) groups excluding carboxylic acids is 2. The summed E-state index contributed by atoms with van der Waals surface area (Å²) < 4.78 is 4.87. The average molecular weight is 416 g/mol. The highest BCUT2D eigenvalue weighted by atomic mass is 35.5. The van der Waals surface area contributed by atoms with Gasteiger partial charge >= 0.3 is 6.09 Å². The van der Waals surface area contributed by atoms with E-state index in [1.54, 1.807) is 31.2 Å². The minimum atomic E-state index is -0.544. The molecule has 2 amide bonds. The zero-order valence-electron chi connectivity index (χ0n) is 16.5. The molecule has 3 rings (SSSR count). The van der Waals surface area contributed by atoms with Crippen LogP contribution in [0.4, 0.5) is 10.5 Å². The molecule has 0 bridgehead atoms. The van der Waals surface area contributed by atoms with Crippen LogP contribution in [0.25, 0.3) is 0 Å². The molecule has 1 aliphatic rings. The predicted molar refractivity (Wildman–Crippen MR) is 114 cm³/mol. The van der Waals surface area contributed by atoms with Crippen molar-refractivity contribution in [2.45, 2.75) is 25.8 Å². The predicted octanol–water partition coefficient (Wildman–Crippen LogP) is 4.48. The molecule has 1 aliphatic heterocycles. The van der Waals surface area contributed by atoms with Crippen LogP contribution in [0.5, 0.6) is 0 Å². The minimum Gasteiger partial charge on any atom is -0.450 e. The van der Waals surface area contributed by atoms with E-state index < -0.39 is 6.09 Å². The molecule has 29 heavy (non-hydrogen) atoms. The summed E-state index contributed by atoms with van der Waals surface area (Å²) in [5, 5.41) is 6.35. The highest BCUT2D eigenvalue weighted by molar-refractivity contribution is 6.31. The maximum atomic E-state index is 12.7. The van der Waals surface area contributed by atoms with Crippen LogP contribution in [-0.2, 0) is 4.74 Å². The summed E-state index contributed by atoms with van der Waals surface area (Å²) >= 11 is 6.43. The molecule has 1 heterocycles. The SMILES string of the molecule is CCOC(=O)Nc1cccc(C(=O)NCC(c2ccccc2Cl)N2CCCC2)c1. The van der Waals surface area contributed by atoms with E-state index >= 15 is 0 Å². The second kappa shape index (κ2) is 10.3. The third kappa shape index (κ3) is 5.71. The number of nitrogens with one attached hydrogen (secondary N) is 2. The Kier molecular flexibility index (Phi) is 7.49. The maximum absolute atomic E-state index is 12.7. The molecule has 2 aromatic rings. The van der Waals surface area contributed by atoms with Crippen molar-refractivity contribution in [2.24, 2.45) is 0 Å². The van der Waals surface area contributed by atoms with Gasteiger partial charge in [-0.1, -0.05) is 35.9 Å². The van der Waals surface area contributed by atoms with Gasteiger partial charge in [-0.2, -0.15) is 0 Å². The highest BCUT2D eigenvalue weighted by Gasteiger charge is 2.25. The third-order valence-electron chi connectivity index (χ3n) is 4.95. The smallest absolute Gasteiger partial charge is 0.411 e. The van der Waals surface area contributed by atoms with E-state index in [1.807, 2.05) is 24.3 Å². The van der Waals surface area contributed by atoms with Gasteiger partial charge in [-0.15, -0.1) is 0 Å². The second-order valence-corrected chi connectivity index (χ2v) is 7.32. The molecule has 154 valence electrons. The summed E-state index contributed by atoms with van der Waals surface area (Å²) in [5.74, 6) is -0.200. The Balaban J connectivity index is 1.69. The molecule has 2 aromatic carbocycles. The zero-order valence-corrected chi connectivity index (χ0v) is 17.2. The first-order valence-electron chi connectivity index (χ1n) is 9.89. The molecule has 0 aliphatic carbocycles. The van der Waals surface area contributed by atoms with Crippen LogP contribution in [0.3, 0.4) is 0 Å². The Bertz CT molecular complexity index is 853. The van der Waals surface area contributed by atoms with Gasteiger partial charge in [-0.3, -0.25) is 15.0 Å². The first kappa shape index (κ1) is 21.1. The number of ether oxygens (including phenoxy) is 1. The topological polar surface area (TPSA) is 70.7 Å². The molecule has 1 atom stereocenters. The quantitative estimate of drug-likeness (QED) is 0.699. The summed E-state index contributed by atoms with van der Waals surface area (Å²) in [6.07, 6.45) is 1.75. The number of rotatable bonds is 7. The van der Waals surface area contributed by atoms with Crippen LogP contribution in [0, 0.1) is 0 Å².